The molecule has 2 aliphatic rings. The van der Waals surface area contributed by atoms with Gasteiger partial charge in [-0.1, -0.05) is 90.1 Å². The average molecular weight is 423 g/mol. The van der Waals surface area contributed by atoms with Gasteiger partial charge in [-0.05, 0) is 46.5 Å². The van der Waals surface area contributed by atoms with Crippen molar-refractivity contribution in [3.63, 3.8) is 0 Å². The summed E-state index contributed by atoms with van der Waals surface area (Å²) < 4.78 is 2.44. The molecule has 0 amide bonds. The minimum atomic E-state index is -0.468. The molecule has 5 aromatic rings. The number of halogens is 1. The molecule has 4 heteroatoms. The van der Waals surface area contributed by atoms with Gasteiger partial charge in [0, 0.05) is 15.5 Å². The number of aromatic nitrogens is 2. The maximum absolute atomic E-state index is 6.44. The first-order valence-electron chi connectivity index (χ1n) is 9.94. The maximum Gasteiger partial charge on any atom is 0.175 e. The largest absolute Gasteiger partial charge is 0.300 e. The third-order valence-corrected chi connectivity index (χ3v) is 7.57. The molecule has 0 unspecified atom stereocenters. The smallest absolute Gasteiger partial charge is 0.175 e. The molecule has 1 aromatic heterocycles. The number of benzene rings is 4. The highest BCUT2D eigenvalue weighted by Gasteiger charge is 2.51. The van der Waals surface area contributed by atoms with E-state index in [4.69, 9.17) is 16.6 Å². The first-order valence-corrected chi connectivity index (χ1v) is 11.1. The van der Waals surface area contributed by atoms with Crippen LogP contribution in [0.3, 0.4) is 0 Å². The first kappa shape index (κ1) is 16.8. The molecule has 0 atom stereocenters. The molecule has 4 aromatic carbocycles. The minimum Gasteiger partial charge on any atom is -0.300 e. The Morgan fingerprint density at radius 2 is 1.40 bits per heavy atom. The van der Waals surface area contributed by atoms with Crippen molar-refractivity contribution in [3.8, 4) is 11.1 Å². The van der Waals surface area contributed by atoms with Crippen LogP contribution < -0.4 is 0 Å². The topological polar surface area (TPSA) is 17.8 Å². The van der Waals surface area contributed by atoms with Gasteiger partial charge in [-0.3, -0.25) is 4.57 Å². The number of fused-ring (bicyclic) bond motifs is 11. The highest BCUT2D eigenvalue weighted by Crippen LogP contribution is 2.59. The predicted octanol–water partition coefficient (Wildman–Crippen LogP) is 6.97. The molecule has 0 bridgehead atoms. The lowest BCUT2D eigenvalue weighted by Gasteiger charge is -2.40. The van der Waals surface area contributed by atoms with Crippen LogP contribution in [0.25, 0.3) is 22.2 Å². The van der Waals surface area contributed by atoms with Crippen LogP contribution in [0, 0.1) is 0 Å². The van der Waals surface area contributed by atoms with E-state index >= 15 is 0 Å². The lowest BCUT2D eigenvalue weighted by atomic mass is 9.80. The fourth-order valence-electron chi connectivity index (χ4n) is 5.24. The molecule has 1 aliphatic carbocycles. The Hall–Kier alpha value is -3.01. The Bertz CT molecular complexity index is 1450. The van der Waals surface area contributed by atoms with Crippen molar-refractivity contribution in [2.24, 2.45) is 0 Å². The van der Waals surface area contributed by atoms with Crippen molar-refractivity contribution in [1.29, 1.82) is 0 Å². The van der Waals surface area contributed by atoms with Crippen LogP contribution in [0.4, 0.5) is 0 Å². The number of para-hydroxylation sites is 2. The highest BCUT2D eigenvalue weighted by molar-refractivity contribution is 7.99. The van der Waals surface area contributed by atoms with Crippen molar-refractivity contribution in [1.82, 2.24) is 9.55 Å². The van der Waals surface area contributed by atoms with Gasteiger partial charge in [-0.25, -0.2) is 4.98 Å². The fraction of sp³-hybridized carbons (Fsp3) is 0.0385. The van der Waals surface area contributed by atoms with E-state index in [-0.39, 0.29) is 0 Å². The summed E-state index contributed by atoms with van der Waals surface area (Å²) >= 11 is 8.14. The number of rotatable bonds is 0. The molecule has 1 aliphatic heterocycles. The van der Waals surface area contributed by atoms with Gasteiger partial charge in [0.2, 0.25) is 0 Å². The van der Waals surface area contributed by atoms with E-state index < -0.39 is 5.54 Å². The number of hydrogen-bond acceptors (Lipinski definition) is 2. The van der Waals surface area contributed by atoms with Crippen LogP contribution in [0.15, 0.2) is 101 Å². The van der Waals surface area contributed by atoms with Gasteiger partial charge >= 0.3 is 0 Å². The maximum atomic E-state index is 6.44. The zero-order chi connectivity index (χ0) is 19.9. The van der Waals surface area contributed by atoms with Crippen LogP contribution in [0.5, 0.6) is 0 Å². The van der Waals surface area contributed by atoms with Crippen LogP contribution in [-0.2, 0) is 5.54 Å². The molecular weight excluding hydrogens is 408 g/mol. The average Bonchev–Trinajstić information content (AvgIpc) is 3.28. The summed E-state index contributed by atoms with van der Waals surface area (Å²) in [5, 5.41) is 1.75. The molecule has 0 N–H and O–H groups in total. The number of nitrogens with zero attached hydrogens (tertiary/aromatic N) is 2. The van der Waals surface area contributed by atoms with E-state index in [0.29, 0.717) is 0 Å². The second-order valence-electron chi connectivity index (χ2n) is 7.76. The summed E-state index contributed by atoms with van der Waals surface area (Å²) in [4.78, 5) is 6.19. The third kappa shape index (κ3) is 1.90. The van der Waals surface area contributed by atoms with E-state index in [9.17, 15) is 0 Å². The quantitative estimate of drug-likeness (QED) is 0.262. The summed E-state index contributed by atoms with van der Waals surface area (Å²) in [5.41, 5.74) is 8.09. The molecule has 30 heavy (non-hydrogen) atoms. The number of imidazole rings is 1. The van der Waals surface area contributed by atoms with E-state index in [1.807, 2.05) is 6.07 Å². The molecule has 0 saturated carbocycles. The van der Waals surface area contributed by atoms with Crippen molar-refractivity contribution < 1.29 is 0 Å². The Balaban J connectivity index is 1.75. The summed E-state index contributed by atoms with van der Waals surface area (Å²) in [6, 6.07) is 32.3. The highest BCUT2D eigenvalue weighted by atomic mass is 35.5. The summed E-state index contributed by atoms with van der Waals surface area (Å²) in [7, 11) is 0. The molecule has 0 radical (unpaired) electrons. The van der Waals surface area contributed by atoms with E-state index in [1.165, 1.54) is 27.8 Å². The molecule has 0 fully saturated rings. The SMILES string of the molecule is Clc1ccc2c(c1)Sc1nc3ccccc3n1C21c2ccccc2-c2ccccc21. The van der Waals surface area contributed by atoms with Crippen LogP contribution >= 0.6 is 23.4 Å². The Morgan fingerprint density at radius 3 is 2.17 bits per heavy atom. The number of hydrogen-bond donors (Lipinski definition) is 0. The van der Waals surface area contributed by atoms with Gasteiger partial charge in [0.1, 0.15) is 5.54 Å². The van der Waals surface area contributed by atoms with Gasteiger partial charge in [0.15, 0.2) is 5.16 Å². The zero-order valence-electron chi connectivity index (χ0n) is 15.8. The molecule has 2 heterocycles. The van der Waals surface area contributed by atoms with Gasteiger partial charge in [-0.2, -0.15) is 0 Å². The Kier molecular flexibility index (Phi) is 3.23. The van der Waals surface area contributed by atoms with Crippen LogP contribution in [-0.4, -0.2) is 9.55 Å². The van der Waals surface area contributed by atoms with Crippen molar-refractivity contribution in [2.75, 3.05) is 0 Å². The standard InChI is InChI=1S/C26H15ClN2S/c27-16-13-14-21-24(15-16)30-25-28-22-11-5-6-12-23(22)29(25)26(21)19-9-3-1-7-17(19)18-8-2-4-10-20(18)26/h1-15H. The fourth-order valence-corrected chi connectivity index (χ4v) is 6.65. The normalized spacial score (nSPS) is 15.0. The van der Waals surface area contributed by atoms with Crippen molar-refractivity contribution >= 4 is 34.4 Å². The monoisotopic (exact) mass is 422 g/mol. The zero-order valence-corrected chi connectivity index (χ0v) is 17.4. The van der Waals surface area contributed by atoms with Gasteiger partial charge in [0.25, 0.3) is 0 Å². The van der Waals surface area contributed by atoms with E-state index in [0.717, 1.165) is 26.1 Å². The molecule has 0 saturated heterocycles. The van der Waals surface area contributed by atoms with Gasteiger partial charge < -0.3 is 0 Å². The second kappa shape index (κ2) is 5.78. The van der Waals surface area contributed by atoms with Gasteiger partial charge in [0.05, 0.1) is 11.0 Å². The lowest BCUT2D eigenvalue weighted by molar-refractivity contribution is 0.484. The Morgan fingerprint density at radius 1 is 0.733 bits per heavy atom. The lowest BCUT2D eigenvalue weighted by Crippen LogP contribution is -2.38. The summed E-state index contributed by atoms with van der Waals surface area (Å²) in [6.07, 6.45) is 0. The first-order chi connectivity index (χ1) is 14.8. The van der Waals surface area contributed by atoms with Crippen molar-refractivity contribution in [3.05, 3.63) is 113 Å². The molecule has 142 valence electrons. The Labute approximate surface area is 183 Å². The van der Waals surface area contributed by atoms with Crippen LogP contribution in [0.1, 0.15) is 16.7 Å². The third-order valence-electron chi connectivity index (χ3n) is 6.32. The second-order valence-corrected chi connectivity index (χ2v) is 9.21. The summed E-state index contributed by atoms with van der Waals surface area (Å²) in [6.45, 7) is 0. The van der Waals surface area contributed by atoms with Crippen LogP contribution in [0.2, 0.25) is 5.02 Å². The summed E-state index contributed by atoms with van der Waals surface area (Å²) in [5.74, 6) is 0. The van der Waals surface area contributed by atoms with Crippen molar-refractivity contribution in [2.45, 2.75) is 15.6 Å². The van der Waals surface area contributed by atoms with E-state index in [2.05, 4.69) is 89.5 Å². The molecule has 1 spiro atoms. The van der Waals surface area contributed by atoms with Gasteiger partial charge in [-0.15, -0.1) is 0 Å². The van der Waals surface area contributed by atoms with E-state index in [1.54, 1.807) is 11.8 Å². The predicted molar refractivity (Wildman–Crippen MR) is 122 cm³/mol. The minimum absolute atomic E-state index is 0.468. The molecule has 7 rings (SSSR count). The molecule has 2 nitrogen and oxygen atoms in total. The molecular formula is C26H15ClN2S.